The highest BCUT2D eigenvalue weighted by atomic mass is 16.2. The predicted molar refractivity (Wildman–Crippen MR) is 95.8 cm³/mol. The molecule has 3 heterocycles. The number of nitrogens with one attached hydrogen (secondary N) is 1. The maximum atomic E-state index is 12.2. The van der Waals surface area contributed by atoms with Crippen LogP contribution in [0, 0.1) is 0 Å². The molecule has 0 radical (unpaired) electrons. The zero-order valence-electron chi connectivity index (χ0n) is 14.2. The van der Waals surface area contributed by atoms with Gasteiger partial charge >= 0.3 is 0 Å². The number of carbonyl (C=O) groups is 1. The van der Waals surface area contributed by atoms with Crippen LogP contribution in [0.5, 0.6) is 0 Å². The van der Waals surface area contributed by atoms with Crippen molar-refractivity contribution in [2.75, 3.05) is 0 Å². The predicted octanol–water partition coefficient (Wildman–Crippen LogP) is 1.54. The Bertz CT molecular complexity index is 1050. The van der Waals surface area contributed by atoms with Crippen molar-refractivity contribution in [2.45, 2.75) is 13.1 Å². The zero-order valence-corrected chi connectivity index (χ0v) is 14.2. The zero-order chi connectivity index (χ0) is 17.9. The van der Waals surface area contributed by atoms with Crippen LogP contribution in [0.15, 0.2) is 54.9 Å². The van der Waals surface area contributed by atoms with Crippen LogP contribution in [0.3, 0.4) is 0 Å². The lowest BCUT2D eigenvalue weighted by atomic mass is 10.2. The Morgan fingerprint density at radius 1 is 1.15 bits per heavy atom. The van der Waals surface area contributed by atoms with Gasteiger partial charge in [0.2, 0.25) is 5.91 Å². The molecule has 0 spiro atoms. The third-order valence-corrected chi connectivity index (χ3v) is 4.11. The molecule has 4 aromatic rings. The summed E-state index contributed by atoms with van der Waals surface area (Å²) >= 11 is 0. The molecule has 0 atom stereocenters. The van der Waals surface area contributed by atoms with Crippen LogP contribution in [-0.2, 0) is 24.9 Å². The van der Waals surface area contributed by atoms with Crippen molar-refractivity contribution in [1.82, 2.24) is 35.1 Å². The number of aromatic nitrogens is 6. The van der Waals surface area contributed by atoms with Crippen molar-refractivity contribution in [3.05, 3.63) is 60.4 Å². The Morgan fingerprint density at radius 2 is 2.04 bits per heavy atom. The summed E-state index contributed by atoms with van der Waals surface area (Å²) in [4.78, 5) is 16.6. The highest BCUT2D eigenvalue weighted by molar-refractivity contribution is 5.79. The van der Waals surface area contributed by atoms with Gasteiger partial charge in [0.15, 0.2) is 0 Å². The van der Waals surface area contributed by atoms with E-state index in [0.29, 0.717) is 6.54 Å². The van der Waals surface area contributed by atoms with Gasteiger partial charge in [0.25, 0.3) is 0 Å². The molecule has 1 N–H and O–H groups in total. The SMILES string of the molecule is Cn1nccc1-c1ccc(CNC(=O)Cn2nnc3ccccc32)cn1. The number of hydrogen-bond donors (Lipinski definition) is 1. The fraction of sp³-hybridized carbons (Fsp3) is 0.167. The van der Waals surface area contributed by atoms with Crippen molar-refractivity contribution < 1.29 is 4.79 Å². The van der Waals surface area contributed by atoms with Gasteiger partial charge in [-0.25, -0.2) is 4.68 Å². The Kier molecular flexibility index (Phi) is 4.14. The summed E-state index contributed by atoms with van der Waals surface area (Å²) in [5.74, 6) is -0.128. The first kappa shape index (κ1) is 15.9. The lowest BCUT2D eigenvalue weighted by molar-refractivity contribution is -0.121. The van der Waals surface area contributed by atoms with Crippen LogP contribution < -0.4 is 5.32 Å². The highest BCUT2D eigenvalue weighted by Gasteiger charge is 2.09. The molecule has 0 aliphatic heterocycles. The molecule has 0 saturated carbocycles. The number of nitrogens with zero attached hydrogens (tertiary/aromatic N) is 6. The van der Waals surface area contributed by atoms with E-state index in [1.54, 1.807) is 21.8 Å². The van der Waals surface area contributed by atoms with Gasteiger partial charge in [-0.1, -0.05) is 23.4 Å². The molecule has 8 nitrogen and oxygen atoms in total. The number of aryl methyl sites for hydroxylation is 1. The monoisotopic (exact) mass is 347 g/mol. The Balaban J connectivity index is 1.38. The second kappa shape index (κ2) is 6.75. The molecule has 26 heavy (non-hydrogen) atoms. The summed E-state index contributed by atoms with van der Waals surface area (Å²) < 4.78 is 3.36. The van der Waals surface area contributed by atoms with Gasteiger partial charge in [-0.2, -0.15) is 5.10 Å². The van der Waals surface area contributed by atoms with E-state index in [9.17, 15) is 4.79 Å². The van der Waals surface area contributed by atoms with Crippen LogP contribution in [0.25, 0.3) is 22.4 Å². The number of para-hydroxylation sites is 1. The number of benzene rings is 1. The van der Waals surface area contributed by atoms with E-state index in [2.05, 4.69) is 25.7 Å². The summed E-state index contributed by atoms with van der Waals surface area (Å²) in [6.07, 6.45) is 3.49. The van der Waals surface area contributed by atoms with Crippen LogP contribution in [0.4, 0.5) is 0 Å². The number of rotatable bonds is 5. The minimum absolute atomic E-state index is 0.126. The Labute approximate surface area is 149 Å². The molecule has 0 saturated heterocycles. The summed E-state index contributed by atoms with van der Waals surface area (Å²) in [6, 6.07) is 13.3. The van der Waals surface area contributed by atoms with Gasteiger partial charge in [0, 0.05) is 26.0 Å². The lowest BCUT2D eigenvalue weighted by Gasteiger charge is -2.07. The first-order chi connectivity index (χ1) is 12.7. The van der Waals surface area contributed by atoms with Gasteiger partial charge in [0.05, 0.1) is 16.9 Å². The molecule has 0 aliphatic carbocycles. The molecule has 0 aliphatic rings. The van der Waals surface area contributed by atoms with E-state index in [1.165, 1.54) is 0 Å². The van der Waals surface area contributed by atoms with Crippen molar-refractivity contribution in [2.24, 2.45) is 7.05 Å². The number of amides is 1. The minimum Gasteiger partial charge on any atom is -0.350 e. The fourth-order valence-electron chi connectivity index (χ4n) is 2.73. The van der Waals surface area contributed by atoms with Gasteiger partial charge in [-0.05, 0) is 29.8 Å². The fourth-order valence-corrected chi connectivity index (χ4v) is 2.73. The van der Waals surface area contributed by atoms with Gasteiger partial charge in [-0.15, -0.1) is 5.10 Å². The van der Waals surface area contributed by atoms with E-state index in [4.69, 9.17) is 0 Å². The summed E-state index contributed by atoms with van der Waals surface area (Å²) in [7, 11) is 1.87. The summed E-state index contributed by atoms with van der Waals surface area (Å²) in [6.45, 7) is 0.533. The molecule has 0 fully saturated rings. The molecular formula is C18H17N7O. The van der Waals surface area contributed by atoms with Crippen LogP contribution in [0.1, 0.15) is 5.56 Å². The average molecular weight is 347 g/mol. The first-order valence-electron chi connectivity index (χ1n) is 8.19. The van der Waals surface area contributed by atoms with Crippen LogP contribution >= 0.6 is 0 Å². The highest BCUT2D eigenvalue weighted by Crippen LogP contribution is 2.15. The minimum atomic E-state index is -0.128. The van der Waals surface area contributed by atoms with E-state index in [1.807, 2.05) is 49.5 Å². The number of pyridine rings is 1. The summed E-state index contributed by atoms with van der Waals surface area (Å²) in [5, 5.41) is 15.1. The normalized spacial score (nSPS) is 11.0. The van der Waals surface area contributed by atoms with Crippen LogP contribution in [0.2, 0.25) is 0 Å². The van der Waals surface area contributed by atoms with Gasteiger partial charge in [0.1, 0.15) is 12.1 Å². The molecule has 8 heteroatoms. The smallest absolute Gasteiger partial charge is 0.242 e. The lowest BCUT2D eigenvalue weighted by Crippen LogP contribution is -2.27. The topological polar surface area (TPSA) is 90.5 Å². The van der Waals surface area contributed by atoms with Crippen molar-refractivity contribution in [3.63, 3.8) is 0 Å². The standard InChI is InChI=1S/C18H17N7O/c1-24-16(8-9-21-24)14-7-6-13(10-19-14)11-20-18(26)12-25-17-5-3-2-4-15(17)22-23-25/h2-10H,11-12H2,1H3,(H,20,26). The van der Waals surface area contributed by atoms with E-state index >= 15 is 0 Å². The quantitative estimate of drug-likeness (QED) is 0.591. The molecule has 130 valence electrons. The summed E-state index contributed by atoms with van der Waals surface area (Å²) in [5.41, 5.74) is 4.32. The number of hydrogen-bond acceptors (Lipinski definition) is 5. The molecular weight excluding hydrogens is 330 g/mol. The van der Waals surface area contributed by atoms with Crippen molar-refractivity contribution >= 4 is 16.9 Å². The first-order valence-corrected chi connectivity index (χ1v) is 8.19. The van der Waals surface area contributed by atoms with Gasteiger partial charge in [-0.3, -0.25) is 14.5 Å². The third kappa shape index (κ3) is 3.16. The molecule has 4 rings (SSSR count). The molecule has 0 bridgehead atoms. The van der Waals surface area contributed by atoms with Gasteiger partial charge < -0.3 is 5.32 Å². The second-order valence-corrected chi connectivity index (χ2v) is 5.90. The second-order valence-electron chi connectivity index (χ2n) is 5.90. The maximum absolute atomic E-state index is 12.2. The van der Waals surface area contributed by atoms with E-state index in [-0.39, 0.29) is 12.5 Å². The number of carbonyl (C=O) groups excluding carboxylic acids is 1. The Morgan fingerprint density at radius 3 is 2.81 bits per heavy atom. The molecule has 1 amide bonds. The number of fused-ring (bicyclic) bond motifs is 1. The van der Waals surface area contributed by atoms with E-state index in [0.717, 1.165) is 28.0 Å². The van der Waals surface area contributed by atoms with Crippen LogP contribution in [-0.4, -0.2) is 35.7 Å². The molecule has 3 aromatic heterocycles. The van der Waals surface area contributed by atoms with Crippen molar-refractivity contribution in [3.8, 4) is 11.4 Å². The van der Waals surface area contributed by atoms with E-state index < -0.39 is 0 Å². The Hall–Kier alpha value is -3.55. The largest absolute Gasteiger partial charge is 0.350 e. The average Bonchev–Trinajstić information content (AvgIpc) is 3.27. The molecule has 0 unspecified atom stereocenters. The van der Waals surface area contributed by atoms with Crippen molar-refractivity contribution in [1.29, 1.82) is 0 Å². The molecule has 1 aromatic carbocycles. The third-order valence-electron chi connectivity index (χ3n) is 4.11. The maximum Gasteiger partial charge on any atom is 0.242 e.